The summed E-state index contributed by atoms with van der Waals surface area (Å²) in [4.78, 5) is 11.8. The molecule has 70 valence electrons. The molecule has 1 heterocycles. The van der Waals surface area contributed by atoms with E-state index in [0.717, 1.165) is 32.6 Å². The standard InChI is InChI=1S/C5H10N2O.C3H5F/c8-5-7-3-1-6-2-4-7;1-3(2)4/h5-6H,1-4H2;1H2,2H3. The van der Waals surface area contributed by atoms with Crippen LogP contribution in [0.3, 0.4) is 0 Å². The first-order valence-corrected chi connectivity index (χ1v) is 3.88. The molecular formula is C8H15FN2O. The van der Waals surface area contributed by atoms with Gasteiger partial charge in [0.25, 0.3) is 0 Å². The lowest BCUT2D eigenvalue weighted by Crippen LogP contribution is -2.42. The number of halogens is 1. The second kappa shape index (κ2) is 6.79. The zero-order chi connectivity index (χ0) is 9.40. The number of rotatable bonds is 1. The van der Waals surface area contributed by atoms with Crippen LogP contribution in [0.5, 0.6) is 0 Å². The molecular weight excluding hydrogens is 159 g/mol. The summed E-state index contributed by atoms with van der Waals surface area (Å²) >= 11 is 0. The van der Waals surface area contributed by atoms with Crippen molar-refractivity contribution >= 4 is 6.41 Å². The molecule has 1 amide bonds. The Bertz CT molecular complexity index is 140. The number of allylic oxidation sites excluding steroid dienone is 1. The lowest BCUT2D eigenvalue weighted by atomic mass is 10.4. The molecule has 1 N–H and O–H groups in total. The van der Waals surface area contributed by atoms with E-state index in [1.165, 1.54) is 6.92 Å². The van der Waals surface area contributed by atoms with Crippen LogP contribution in [-0.2, 0) is 4.79 Å². The number of amides is 1. The molecule has 0 radical (unpaired) electrons. The molecule has 1 rings (SSSR count). The van der Waals surface area contributed by atoms with Gasteiger partial charge < -0.3 is 10.2 Å². The number of carbonyl (C=O) groups is 1. The van der Waals surface area contributed by atoms with Crippen LogP contribution in [0.1, 0.15) is 6.92 Å². The number of nitrogens with zero attached hydrogens (tertiary/aromatic N) is 1. The van der Waals surface area contributed by atoms with E-state index in [1.54, 1.807) is 4.90 Å². The summed E-state index contributed by atoms with van der Waals surface area (Å²) in [5.74, 6) is -0.333. The molecule has 3 nitrogen and oxygen atoms in total. The van der Waals surface area contributed by atoms with Crippen LogP contribution in [-0.4, -0.2) is 37.5 Å². The van der Waals surface area contributed by atoms with E-state index < -0.39 is 0 Å². The van der Waals surface area contributed by atoms with Crippen LogP contribution < -0.4 is 5.32 Å². The monoisotopic (exact) mass is 174 g/mol. The first-order chi connectivity index (χ1) is 5.66. The van der Waals surface area contributed by atoms with E-state index in [9.17, 15) is 9.18 Å². The van der Waals surface area contributed by atoms with Gasteiger partial charge in [-0.05, 0) is 6.92 Å². The molecule has 0 spiro atoms. The molecule has 0 aliphatic carbocycles. The fourth-order valence-corrected chi connectivity index (χ4v) is 0.788. The Morgan fingerprint density at radius 3 is 2.25 bits per heavy atom. The number of piperazine rings is 1. The third-order valence-corrected chi connectivity index (χ3v) is 1.30. The topological polar surface area (TPSA) is 32.3 Å². The molecule has 0 atom stereocenters. The van der Waals surface area contributed by atoms with Crippen molar-refractivity contribution in [1.82, 2.24) is 10.2 Å². The van der Waals surface area contributed by atoms with Gasteiger partial charge in [-0.3, -0.25) is 4.79 Å². The Kier molecular flexibility index (Phi) is 6.28. The largest absolute Gasteiger partial charge is 0.343 e. The van der Waals surface area contributed by atoms with Crippen LogP contribution in [0, 0.1) is 0 Å². The van der Waals surface area contributed by atoms with Crippen molar-refractivity contribution in [2.45, 2.75) is 6.92 Å². The molecule has 4 heteroatoms. The summed E-state index contributed by atoms with van der Waals surface area (Å²) < 4.78 is 10.8. The predicted molar refractivity (Wildman–Crippen MR) is 46.4 cm³/mol. The van der Waals surface area contributed by atoms with E-state index in [4.69, 9.17) is 0 Å². The van der Waals surface area contributed by atoms with Crippen LogP contribution in [0.15, 0.2) is 12.4 Å². The average Bonchev–Trinajstić information content (AvgIpc) is 2.05. The minimum atomic E-state index is -0.333. The van der Waals surface area contributed by atoms with E-state index in [1.807, 2.05) is 0 Å². The quantitative estimate of drug-likeness (QED) is 0.588. The first kappa shape index (κ1) is 11.1. The smallest absolute Gasteiger partial charge is 0.209 e. The molecule has 1 fully saturated rings. The third kappa shape index (κ3) is 7.21. The summed E-state index contributed by atoms with van der Waals surface area (Å²) in [5.41, 5.74) is 0. The maximum atomic E-state index is 10.8. The zero-order valence-electron chi connectivity index (χ0n) is 7.35. The Hall–Kier alpha value is -0.900. The van der Waals surface area contributed by atoms with Crippen molar-refractivity contribution < 1.29 is 9.18 Å². The summed E-state index contributed by atoms with van der Waals surface area (Å²) in [6.45, 7) is 7.81. The molecule has 0 unspecified atom stereocenters. The second-order valence-corrected chi connectivity index (χ2v) is 2.57. The lowest BCUT2D eigenvalue weighted by molar-refractivity contribution is -0.118. The maximum Gasteiger partial charge on any atom is 0.209 e. The van der Waals surface area contributed by atoms with Crippen molar-refractivity contribution in [3.8, 4) is 0 Å². The minimum absolute atomic E-state index is 0.333. The van der Waals surface area contributed by atoms with Crippen LogP contribution in [0.4, 0.5) is 4.39 Å². The average molecular weight is 174 g/mol. The van der Waals surface area contributed by atoms with Gasteiger partial charge >= 0.3 is 0 Å². The van der Waals surface area contributed by atoms with Crippen LogP contribution >= 0.6 is 0 Å². The molecule has 12 heavy (non-hydrogen) atoms. The summed E-state index contributed by atoms with van der Waals surface area (Å²) in [6, 6.07) is 0. The number of hydrogen-bond acceptors (Lipinski definition) is 2. The third-order valence-electron chi connectivity index (χ3n) is 1.30. The Morgan fingerprint density at radius 2 is 2.00 bits per heavy atom. The SMILES string of the molecule is C=C(C)F.O=CN1CCNCC1. The molecule has 0 aromatic carbocycles. The Morgan fingerprint density at radius 1 is 1.58 bits per heavy atom. The summed E-state index contributed by atoms with van der Waals surface area (Å²) in [5, 5.41) is 3.15. The maximum absolute atomic E-state index is 10.8. The molecule has 0 aromatic heterocycles. The van der Waals surface area contributed by atoms with Gasteiger partial charge in [0.2, 0.25) is 6.41 Å². The number of nitrogens with one attached hydrogen (secondary N) is 1. The van der Waals surface area contributed by atoms with Gasteiger partial charge in [0.15, 0.2) is 0 Å². The fourth-order valence-electron chi connectivity index (χ4n) is 0.788. The van der Waals surface area contributed by atoms with Crippen molar-refractivity contribution in [2.24, 2.45) is 0 Å². The molecule has 0 aromatic rings. The highest BCUT2D eigenvalue weighted by Gasteiger charge is 2.04. The minimum Gasteiger partial charge on any atom is -0.343 e. The molecule has 1 aliphatic heterocycles. The molecule has 1 aliphatic rings. The Labute approximate surface area is 72.2 Å². The van der Waals surface area contributed by atoms with E-state index in [0.29, 0.717) is 0 Å². The second-order valence-electron chi connectivity index (χ2n) is 2.57. The van der Waals surface area contributed by atoms with Gasteiger partial charge in [-0.25, -0.2) is 4.39 Å². The zero-order valence-corrected chi connectivity index (χ0v) is 7.35. The normalized spacial score (nSPS) is 16.0. The van der Waals surface area contributed by atoms with E-state index >= 15 is 0 Å². The number of carbonyl (C=O) groups excluding carboxylic acids is 1. The van der Waals surface area contributed by atoms with Crippen molar-refractivity contribution in [3.05, 3.63) is 12.4 Å². The van der Waals surface area contributed by atoms with Gasteiger partial charge in [-0.15, -0.1) is 0 Å². The highest BCUT2D eigenvalue weighted by molar-refractivity contribution is 5.47. The fraction of sp³-hybridized carbons (Fsp3) is 0.625. The highest BCUT2D eigenvalue weighted by atomic mass is 19.1. The van der Waals surface area contributed by atoms with Crippen LogP contribution in [0.2, 0.25) is 0 Å². The van der Waals surface area contributed by atoms with E-state index in [-0.39, 0.29) is 5.83 Å². The highest BCUT2D eigenvalue weighted by Crippen LogP contribution is 1.84. The van der Waals surface area contributed by atoms with Gasteiger partial charge in [0, 0.05) is 26.2 Å². The first-order valence-electron chi connectivity index (χ1n) is 3.88. The molecule has 0 bridgehead atoms. The van der Waals surface area contributed by atoms with E-state index in [2.05, 4.69) is 11.9 Å². The molecule has 0 saturated carbocycles. The molecule has 1 saturated heterocycles. The lowest BCUT2D eigenvalue weighted by Gasteiger charge is -2.22. The summed E-state index contributed by atoms with van der Waals surface area (Å²) in [7, 11) is 0. The van der Waals surface area contributed by atoms with Gasteiger partial charge in [-0.1, -0.05) is 6.58 Å². The van der Waals surface area contributed by atoms with Gasteiger partial charge in [-0.2, -0.15) is 0 Å². The van der Waals surface area contributed by atoms with Gasteiger partial charge in [0.05, 0.1) is 5.83 Å². The number of hydrogen-bond donors (Lipinski definition) is 1. The summed E-state index contributed by atoms with van der Waals surface area (Å²) in [6.07, 6.45) is 0.904. The predicted octanol–water partition coefficient (Wildman–Crippen LogP) is 0.537. The van der Waals surface area contributed by atoms with Crippen molar-refractivity contribution in [1.29, 1.82) is 0 Å². The van der Waals surface area contributed by atoms with Gasteiger partial charge in [0.1, 0.15) is 0 Å². The van der Waals surface area contributed by atoms with Crippen molar-refractivity contribution in [2.75, 3.05) is 26.2 Å². The van der Waals surface area contributed by atoms with Crippen LogP contribution in [0.25, 0.3) is 0 Å². The Balaban J connectivity index is 0.000000261. The van der Waals surface area contributed by atoms with Crippen molar-refractivity contribution in [3.63, 3.8) is 0 Å².